The second-order valence-corrected chi connectivity index (χ2v) is 11.9. The fraction of sp³-hybridized carbons (Fsp3) is 0.294. The number of amides is 1. The molecule has 0 bridgehead atoms. The summed E-state index contributed by atoms with van der Waals surface area (Å²) in [5.74, 6) is -1.17. The molecule has 1 amide bonds. The molecule has 0 aliphatic heterocycles. The van der Waals surface area contributed by atoms with Crippen molar-refractivity contribution in [1.82, 2.24) is 9.47 Å². The Kier molecular flexibility index (Phi) is 8.84. The van der Waals surface area contributed by atoms with E-state index in [0.29, 0.717) is 18.0 Å². The summed E-state index contributed by atoms with van der Waals surface area (Å²) < 4.78 is 20.7. The highest BCUT2D eigenvalue weighted by Crippen LogP contribution is 2.45. The van der Waals surface area contributed by atoms with E-state index in [2.05, 4.69) is 23.7 Å². The van der Waals surface area contributed by atoms with Gasteiger partial charge in [0.2, 0.25) is 5.91 Å². The van der Waals surface area contributed by atoms with Gasteiger partial charge in [0.05, 0.1) is 23.8 Å². The number of aromatic nitrogens is 1. The van der Waals surface area contributed by atoms with Crippen molar-refractivity contribution < 1.29 is 18.5 Å². The number of para-hydroxylation sites is 1. The average Bonchev–Trinajstić information content (AvgIpc) is 3.31. The molecule has 5 rings (SSSR count). The van der Waals surface area contributed by atoms with Gasteiger partial charge in [0, 0.05) is 41.6 Å². The van der Waals surface area contributed by atoms with Crippen LogP contribution in [0.5, 0.6) is 0 Å². The van der Waals surface area contributed by atoms with Crippen molar-refractivity contribution in [2.24, 2.45) is 13.0 Å². The highest BCUT2D eigenvalue weighted by atomic mass is 32.2. The van der Waals surface area contributed by atoms with Crippen LogP contribution in [0, 0.1) is 5.92 Å². The zero-order valence-corrected chi connectivity index (χ0v) is 24.6. The van der Waals surface area contributed by atoms with Gasteiger partial charge in [-0.1, -0.05) is 78.4 Å². The molecule has 212 valence electrons. The number of aryl methyl sites for hydroxylation is 1. The monoisotopic (exact) mass is 568 g/mol. The lowest BCUT2D eigenvalue weighted by molar-refractivity contribution is -0.143. The second kappa shape index (κ2) is 12.7. The molecule has 6 nitrogen and oxygen atoms in total. The molecule has 1 aliphatic carbocycles. The Bertz CT molecular complexity index is 1590. The smallest absolute Gasteiger partial charge is 0.313 e. The van der Waals surface area contributed by atoms with Crippen molar-refractivity contribution in [3.8, 4) is 0 Å². The van der Waals surface area contributed by atoms with E-state index in [0.717, 1.165) is 46.1 Å². The topological polar surface area (TPSA) is 68.6 Å². The fourth-order valence-electron chi connectivity index (χ4n) is 6.13. The maximum absolute atomic E-state index is 13.7. The molecule has 1 aliphatic rings. The maximum Gasteiger partial charge on any atom is 0.313 e. The molecule has 0 saturated heterocycles. The quantitative estimate of drug-likeness (QED) is 0.190. The Morgan fingerprint density at radius 1 is 1.00 bits per heavy atom. The van der Waals surface area contributed by atoms with E-state index in [4.69, 9.17) is 4.74 Å². The van der Waals surface area contributed by atoms with Crippen LogP contribution >= 0.6 is 0 Å². The second-order valence-electron chi connectivity index (χ2n) is 10.5. The molecule has 0 N–H and O–H groups in total. The number of nitrogens with zero attached hydrogens (tertiary/aromatic N) is 2. The standard InChI is InChI=1S/C34H36N2O4S/c1-4-25(27-19-20-30-32(33(27)34(38)40-3)28-17-11-12-18-29(28)35(30)2)22-36(21-24-13-7-5-8-14-24)31(37)23-41(39)26-15-9-6-10-16-26/h4-18,27,33H,19-23H2,1-3H3/b25-4-/t27-,33-,41?/m0/s1. The van der Waals surface area contributed by atoms with E-state index in [1.54, 1.807) is 17.0 Å². The number of fused-ring (bicyclic) bond motifs is 3. The van der Waals surface area contributed by atoms with Crippen LogP contribution in [0.3, 0.4) is 0 Å². The summed E-state index contributed by atoms with van der Waals surface area (Å²) in [4.78, 5) is 29.6. The van der Waals surface area contributed by atoms with Crippen molar-refractivity contribution in [1.29, 1.82) is 0 Å². The third kappa shape index (κ3) is 5.91. The lowest BCUT2D eigenvalue weighted by Crippen LogP contribution is -2.39. The number of allylic oxidation sites excluding steroid dienone is 1. The number of benzene rings is 3. The van der Waals surface area contributed by atoms with Crippen molar-refractivity contribution in [2.75, 3.05) is 19.4 Å². The predicted octanol–water partition coefficient (Wildman–Crippen LogP) is 5.78. The largest absolute Gasteiger partial charge is 0.469 e. The maximum atomic E-state index is 13.7. The molecular formula is C34H36N2O4S. The zero-order chi connectivity index (χ0) is 28.9. The minimum absolute atomic E-state index is 0.105. The summed E-state index contributed by atoms with van der Waals surface area (Å²) >= 11 is 0. The number of rotatable bonds is 9. The Hall–Kier alpha value is -3.97. The molecule has 1 unspecified atom stereocenters. The van der Waals surface area contributed by atoms with Crippen molar-refractivity contribution in [2.45, 2.75) is 37.1 Å². The normalized spacial score (nSPS) is 17.6. The lowest BCUT2D eigenvalue weighted by Gasteiger charge is -2.35. The minimum Gasteiger partial charge on any atom is -0.469 e. The number of esters is 1. The number of carbonyl (C=O) groups excluding carboxylic acids is 2. The van der Waals surface area contributed by atoms with E-state index in [1.165, 1.54) is 7.11 Å². The molecule has 4 aromatic rings. The number of methoxy groups -OCH3 is 1. The van der Waals surface area contributed by atoms with Crippen LogP contribution in [0.4, 0.5) is 0 Å². The molecule has 3 atom stereocenters. The molecule has 0 radical (unpaired) electrons. The van der Waals surface area contributed by atoms with Gasteiger partial charge < -0.3 is 14.2 Å². The fourth-order valence-corrected chi connectivity index (χ4v) is 7.17. The van der Waals surface area contributed by atoms with Gasteiger partial charge in [-0.25, -0.2) is 0 Å². The first-order valence-corrected chi connectivity index (χ1v) is 15.3. The summed E-state index contributed by atoms with van der Waals surface area (Å²) in [6, 6.07) is 27.1. The van der Waals surface area contributed by atoms with Crippen molar-refractivity contribution in [3.63, 3.8) is 0 Å². The first kappa shape index (κ1) is 28.6. The predicted molar refractivity (Wildman–Crippen MR) is 163 cm³/mol. The summed E-state index contributed by atoms with van der Waals surface area (Å²) in [5, 5.41) is 1.07. The molecule has 0 fully saturated rings. The van der Waals surface area contributed by atoms with Crippen LogP contribution in [-0.2, 0) is 45.1 Å². The molecule has 3 aromatic carbocycles. The minimum atomic E-state index is -1.46. The van der Waals surface area contributed by atoms with E-state index in [1.807, 2.05) is 73.7 Å². The van der Waals surface area contributed by atoms with Crippen LogP contribution in [0.1, 0.15) is 36.1 Å². The van der Waals surface area contributed by atoms with E-state index in [9.17, 15) is 13.8 Å². The van der Waals surface area contributed by atoms with Gasteiger partial charge in [-0.05, 0) is 55.0 Å². The van der Waals surface area contributed by atoms with Crippen molar-refractivity contribution >= 4 is 33.6 Å². The van der Waals surface area contributed by atoms with Gasteiger partial charge in [-0.3, -0.25) is 13.8 Å². The summed E-state index contributed by atoms with van der Waals surface area (Å²) in [6.07, 6.45) is 3.62. The third-order valence-electron chi connectivity index (χ3n) is 8.18. The van der Waals surface area contributed by atoms with Gasteiger partial charge >= 0.3 is 5.97 Å². The van der Waals surface area contributed by atoms with Crippen LogP contribution in [0.2, 0.25) is 0 Å². The van der Waals surface area contributed by atoms with E-state index >= 15 is 0 Å². The van der Waals surface area contributed by atoms with Crippen LogP contribution in [0.25, 0.3) is 10.9 Å². The first-order valence-electron chi connectivity index (χ1n) is 14.0. The highest BCUT2D eigenvalue weighted by Gasteiger charge is 2.41. The Morgan fingerprint density at radius 2 is 1.66 bits per heavy atom. The van der Waals surface area contributed by atoms with Crippen molar-refractivity contribution in [3.05, 3.63) is 113 Å². The SMILES string of the molecule is C/C=C(/CN(Cc1ccccc1)C(=O)CS(=O)c1ccccc1)[C@@H]1CCc2c(c3ccccc3n2C)[C@H]1C(=O)OC. The Balaban J connectivity index is 1.48. The highest BCUT2D eigenvalue weighted by molar-refractivity contribution is 7.85. The summed E-state index contributed by atoms with van der Waals surface area (Å²) in [5.41, 5.74) is 5.28. The van der Waals surface area contributed by atoms with E-state index < -0.39 is 16.7 Å². The molecule has 0 spiro atoms. The Labute approximate surface area is 244 Å². The average molecular weight is 569 g/mol. The van der Waals surface area contributed by atoms with Crippen LogP contribution in [0.15, 0.2) is 101 Å². The molecule has 1 heterocycles. The summed E-state index contributed by atoms with van der Waals surface area (Å²) in [7, 11) is 2.04. The molecular weight excluding hydrogens is 532 g/mol. The third-order valence-corrected chi connectivity index (χ3v) is 9.49. The molecule has 1 aromatic heterocycles. The van der Waals surface area contributed by atoms with Crippen LogP contribution < -0.4 is 0 Å². The van der Waals surface area contributed by atoms with Gasteiger partial charge in [-0.2, -0.15) is 0 Å². The van der Waals surface area contributed by atoms with Crippen LogP contribution in [-0.4, -0.2) is 45.0 Å². The zero-order valence-electron chi connectivity index (χ0n) is 23.8. The number of hydrogen-bond acceptors (Lipinski definition) is 4. The van der Waals surface area contributed by atoms with Gasteiger partial charge in [0.1, 0.15) is 5.75 Å². The first-order chi connectivity index (χ1) is 19.9. The Morgan fingerprint density at radius 3 is 2.34 bits per heavy atom. The molecule has 0 saturated carbocycles. The van der Waals surface area contributed by atoms with Gasteiger partial charge in [0.15, 0.2) is 0 Å². The number of ether oxygens (including phenoxy) is 1. The number of hydrogen-bond donors (Lipinski definition) is 0. The number of carbonyl (C=O) groups is 2. The van der Waals surface area contributed by atoms with Gasteiger partial charge in [0.25, 0.3) is 0 Å². The van der Waals surface area contributed by atoms with Gasteiger partial charge in [-0.15, -0.1) is 0 Å². The molecule has 41 heavy (non-hydrogen) atoms. The molecule has 7 heteroatoms. The summed E-state index contributed by atoms with van der Waals surface area (Å²) in [6.45, 7) is 2.70. The van der Waals surface area contributed by atoms with E-state index in [-0.39, 0.29) is 23.5 Å². The lowest BCUT2D eigenvalue weighted by atomic mass is 9.72.